The van der Waals surface area contributed by atoms with Crippen LogP contribution in [0.15, 0.2) is 35.2 Å². The van der Waals surface area contributed by atoms with Crippen LogP contribution in [0.4, 0.5) is 17.1 Å². The Balaban J connectivity index is 1.69. The summed E-state index contributed by atoms with van der Waals surface area (Å²) in [6.45, 7) is 5.32. The van der Waals surface area contributed by atoms with Gasteiger partial charge in [-0.1, -0.05) is 0 Å². The van der Waals surface area contributed by atoms with Gasteiger partial charge in [0, 0.05) is 23.5 Å². The summed E-state index contributed by atoms with van der Waals surface area (Å²) in [6, 6.07) is 8.17. The zero-order chi connectivity index (χ0) is 20.3. The third-order valence-corrected chi connectivity index (χ3v) is 6.71. The first kappa shape index (κ1) is 18.5. The predicted molar refractivity (Wildman–Crippen MR) is 107 cm³/mol. The number of amides is 2. The van der Waals surface area contributed by atoms with E-state index in [2.05, 4.69) is 15.4 Å². The first-order valence-electron chi connectivity index (χ1n) is 9.00. The second kappa shape index (κ2) is 6.07. The molecule has 2 aromatic carbocycles. The van der Waals surface area contributed by atoms with Gasteiger partial charge in [-0.25, -0.2) is 8.42 Å². The molecule has 146 valence electrons. The second-order valence-corrected chi connectivity index (χ2v) is 9.45. The summed E-state index contributed by atoms with van der Waals surface area (Å²) >= 11 is 0. The third-order valence-electron chi connectivity index (χ3n) is 5.35. The highest BCUT2D eigenvalue weighted by atomic mass is 32.2. The zero-order valence-corrected chi connectivity index (χ0v) is 16.7. The summed E-state index contributed by atoms with van der Waals surface area (Å²) in [7, 11) is -3.84. The average Bonchev–Trinajstić information content (AvgIpc) is 2.85. The largest absolute Gasteiger partial charge is 0.326 e. The van der Waals surface area contributed by atoms with Crippen molar-refractivity contribution in [2.75, 3.05) is 15.4 Å². The fourth-order valence-corrected chi connectivity index (χ4v) is 4.78. The summed E-state index contributed by atoms with van der Waals surface area (Å²) in [5, 5.41) is 5.61. The van der Waals surface area contributed by atoms with E-state index in [1.165, 1.54) is 0 Å². The fraction of sp³-hybridized carbons (Fsp3) is 0.300. The summed E-state index contributed by atoms with van der Waals surface area (Å²) < 4.78 is 28.6. The molecule has 0 radical (unpaired) electrons. The van der Waals surface area contributed by atoms with Crippen molar-refractivity contribution in [3.8, 4) is 0 Å². The van der Waals surface area contributed by atoms with E-state index in [1.54, 1.807) is 51.1 Å². The molecule has 0 fully saturated rings. The lowest BCUT2D eigenvalue weighted by atomic mass is 9.85. The van der Waals surface area contributed by atoms with E-state index < -0.39 is 15.4 Å². The number of benzene rings is 2. The number of carbonyl (C=O) groups is 2. The number of hydrogen-bond acceptors (Lipinski definition) is 4. The molecule has 0 saturated carbocycles. The van der Waals surface area contributed by atoms with Crippen molar-refractivity contribution in [1.29, 1.82) is 0 Å². The van der Waals surface area contributed by atoms with E-state index in [1.807, 2.05) is 0 Å². The molecule has 7 nitrogen and oxygen atoms in total. The van der Waals surface area contributed by atoms with Crippen molar-refractivity contribution < 1.29 is 18.0 Å². The maximum absolute atomic E-state index is 13.0. The normalized spacial score (nSPS) is 17.4. The van der Waals surface area contributed by atoms with Gasteiger partial charge in [-0.15, -0.1) is 0 Å². The Morgan fingerprint density at radius 3 is 2.54 bits per heavy atom. The van der Waals surface area contributed by atoms with E-state index in [4.69, 9.17) is 0 Å². The Bertz CT molecular complexity index is 1140. The molecule has 2 aliphatic rings. The number of anilines is 3. The monoisotopic (exact) mass is 399 g/mol. The Hall–Kier alpha value is -2.87. The molecule has 0 aromatic heterocycles. The van der Waals surface area contributed by atoms with Crippen molar-refractivity contribution in [3.05, 3.63) is 47.0 Å². The van der Waals surface area contributed by atoms with Gasteiger partial charge in [0.05, 0.1) is 10.3 Å². The fourth-order valence-electron chi connectivity index (χ4n) is 3.62. The molecule has 0 unspecified atom stereocenters. The van der Waals surface area contributed by atoms with E-state index >= 15 is 0 Å². The highest BCUT2D eigenvalue weighted by Gasteiger charge is 2.40. The van der Waals surface area contributed by atoms with Gasteiger partial charge >= 0.3 is 0 Å². The van der Waals surface area contributed by atoms with Gasteiger partial charge in [-0.2, -0.15) is 0 Å². The topological polar surface area (TPSA) is 104 Å². The van der Waals surface area contributed by atoms with Crippen molar-refractivity contribution in [2.24, 2.45) is 0 Å². The van der Waals surface area contributed by atoms with Gasteiger partial charge in [0.1, 0.15) is 0 Å². The smallest absolute Gasteiger partial charge is 0.261 e. The molecular weight excluding hydrogens is 378 g/mol. The molecule has 2 aromatic rings. The Labute approximate surface area is 163 Å². The van der Waals surface area contributed by atoms with Crippen LogP contribution in [0.3, 0.4) is 0 Å². The molecule has 0 atom stereocenters. The van der Waals surface area contributed by atoms with Gasteiger partial charge in [0.2, 0.25) is 11.8 Å². The number of fused-ring (bicyclic) bond motifs is 2. The van der Waals surface area contributed by atoms with Gasteiger partial charge in [0.25, 0.3) is 10.0 Å². The molecule has 2 heterocycles. The Morgan fingerprint density at radius 1 is 1.04 bits per heavy atom. The maximum Gasteiger partial charge on any atom is 0.261 e. The molecule has 2 amide bonds. The highest BCUT2D eigenvalue weighted by Crippen LogP contribution is 2.41. The van der Waals surface area contributed by atoms with Crippen molar-refractivity contribution in [1.82, 2.24) is 0 Å². The summed E-state index contributed by atoms with van der Waals surface area (Å²) in [4.78, 5) is 23.8. The average molecular weight is 399 g/mol. The van der Waals surface area contributed by atoms with Crippen LogP contribution in [0.25, 0.3) is 0 Å². The minimum Gasteiger partial charge on any atom is -0.326 e. The summed E-state index contributed by atoms with van der Waals surface area (Å²) in [6.07, 6.45) is 0.944. The molecule has 0 spiro atoms. The quantitative estimate of drug-likeness (QED) is 0.738. The minimum absolute atomic E-state index is 0.0415. The Morgan fingerprint density at radius 2 is 1.79 bits per heavy atom. The number of rotatable bonds is 3. The van der Waals surface area contributed by atoms with E-state index in [0.29, 0.717) is 41.0 Å². The first-order valence-corrected chi connectivity index (χ1v) is 10.5. The van der Waals surface area contributed by atoms with E-state index in [9.17, 15) is 18.0 Å². The molecule has 28 heavy (non-hydrogen) atoms. The predicted octanol–water partition coefficient (Wildman–Crippen LogP) is 2.91. The van der Waals surface area contributed by atoms with Crippen molar-refractivity contribution in [3.63, 3.8) is 0 Å². The van der Waals surface area contributed by atoms with Crippen LogP contribution in [-0.4, -0.2) is 20.2 Å². The van der Waals surface area contributed by atoms with Gasteiger partial charge < -0.3 is 10.6 Å². The third kappa shape index (κ3) is 2.93. The molecule has 3 N–H and O–H groups in total. The van der Waals surface area contributed by atoms with Gasteiger partial charge in [-0.05, 0) is 74.2 Å². The first-order chi connectivity index (χ1) is 13.1. The maximum atomic E-state index is 13.0. The van der Waals surface area contributed by atoms with Crippen molar-refractivity contribution in [2.45, 2.75) is 43.9 Å². The number of sulfonamides is 1. The molecule has 0 saturated heterocycles. The lowest BCUT2D eigenvalue weighted by Gasteiger charge is -2.19. The number of aryl methyl sites for hydroxylation is 2. The van der Waals surface area contributed by atoms with E-state index in [0.717, 1.165) is 5.56 Å². The molecule has 2 aliphatic heterocycles. The summed E-state index contributed by atoms with van der Waals surface area (Å²) in [5.74, 6) is -0.190. The molecule has 8 heteroatoms. The highest BCUT2D eigenvalue weighted by molar-refractivity contribution is 7.92. The lowest BCUT2D eigenvalue weighted by Crippen LogP contribution is -2.27. The standard InChI is InChI=1S/C20H21N3O4S/c1-11-8-14(10-15-18(11)22-19(25)20(15,2)3)28(26,27)23-13-5-6-16-12(9-13)4-7-17(24)21-16/h5-6,8-10,23H,4,7H2,1-3H3,(H,21,24)(H,22,25). The van der Waals surface area contributed by atoms with E-state index in [-0.39, 0.29) is 16.7 Å². The number of nitrogens with one attached hydrogen (secondary N) is 3. The van der Waals surface area contributed by atoms with Crippen LogP contribution in [0.5, 0.6) is 0 Å². The van der Waals surface area contributed by atoms with Crippen LogP contribution in [0, 0.1) is 6.92 Å². The van der Waals surface area contributed by atoms with Crippen LogP contribution in [0.2, 0.25) is 0 Å². The minimum atomic E-state index is -3.84. The summed E-state index contributed by atoms with van der Waals surface area (Å²) in [5.41, 5.74) is 3.28. The van der Waals surface area contributed by atoms with Crippen LogP contribution in [-0.2, 0) is 31.4 Å². The van der Waals surface area contributed by atoms with Crippen molar-refractivity contribution >= 4 is 38.9 Å². The van der Waals surface area contributed by atoms with Crippen LogP contribution in [0.1, 0.15) is 37.0 Å². The molecule has 0 bridgehead atoms. The van der Waals surface area contributed by atoms with Gasteiger partial charge in [0.15, 0.2) is 0 Å². The van der Waals surface area contributed by atoms with Crippen LogP contribution < -0.4 is 15.4 Å². The number of carbonyl (C=O) groups excluding carboxylic acids is 2. The molecule has 0 aliphatic carbocycles. The second-order valence-electron chi connectivity index (χ2n) is 7.77. The zero-order valence-electron chi connectivity index (χ0n) is 15.8. The van der Waals surface area contributed by atoms with Crippen LogP contribution >= 0.6 is 0 Å². The van der Waals surface area contributed by atoms with Gasteiger partial charge in [-0.3, -0.25) is 14.3 Å². The number of hydrogen-bond donors (Lipinski definition) is 3. The molecule has 4 rings (SSSR count). The SMILES string of the molecule is Cc1cc(S(=O)(=O)Nc2ccc3c(c2)CCC(=O)N3)cc2c1NC(=O)C2(C)C. The lowest BCUT2D eigenvalue weighted by molar-refractivity contribution is -0.119. The molecular formula is C20H21N3O4S. The Kier molecular flexibility index (Phi) is 4.01.